The van der Waals surface area contributed by atoms with Crippen molar-refractivity contribution in [2.24, 2.45) is 0 Å². The van der Waals surface area contributed by atoms with Crippen LogP contribution in [0, 0.1) is 5.82 Å². The van der Waals surface area contributed by atoms with E-state index in [0.29, 0.717) is 12.1 Å². The first kappa shape index (κ1) is 27.9. The lowest BCUT2D eigenvalue weighted by molar-refractivity contribution is -0.139. The molecule has 34 heavy (non-hydrogen) atoms. The van der Waals surface area contributed by atoms with E-state index >= 15 is 0 Å². The Morgan fingerprint density at radius 3 is 2.29 bits per heavy atom. The Bertz CT molecular complexity index is 1110. The maximum atomic E-state index is 13.4. The highest BCUT2D eigenvalue weighted by Gasteiger charge is 2.30. The van der Waals surface area contributed by atoms with Crippen molar-refractivity contribution in [1.29, 1.82) is 0 Å². The van der Waals surface area contributed by atoms with Crippen molar-refractivity contribution in [1.82, 2.24) is 10.2 Å². The molecule has 2 amide bonds. The second-order valence-corrected chi connectivity index (χ2v) is 10.6. The van der Waals surface area contributed by atoms with Crippen molar-refractivity contribution in [3.05, 3.63) is 63.9 Å². The summed E-state index contributed by atoms with van der Waals surface area (Å²) in [6.07, 6.45) is 2.64. The zero-order valence-electron chi connectivity index (χ0n) is 19.2. The minimum absolute atomic E-state index is 0.0134. The normalized spacial score (nSPS) is 12.2. The third-order valence-electron chi connectivity index (χ3n) is 5.13. The van der Waals surface area contributed by atoms with Gasteiger partial charge in [-0.15, -0.1) is 0 Å². The summed E-state index contributed by atoms with van der Waals surface area (Å²) in [6.45, 7) is 3.43. The maximum absolute atomic E-state index is 13.4. The number of unbranched alkanes of at least 4 members (excludes halogenated alkanes) is 1. The van der Waals surface area contributed by atoms with E-state index in [0.717, 1.165) is 23.4 Å². The van der Waals surface area contributed by atoms with Gasteiger partial charge in [0.15, 0.2) is 0 Å². The van der Waals surface area contributed by atoms with Crippen molar-refractivity contribution < 1.29 is 22.4 Å². The number of anilines is 1. The van der Waals surface area contributed by atoms with Gasteiger partial charge >= 0.3 is 0 Å². The standard InChI is InChI=1S/C23H28Cl2FN3O4S/c1-4-5-12-27-23(31)16(2)28(14-17-6-8-18(26)9-7-17)22(30)15-29(34(3,32)33)19-10-11-20(24)21(25)13-19/h6-11,13,16H,4-5,12,14-15H2,1-3H3,(H,27,31)/t16-/m0/s1. The molecule has 0 aliphatic carbocycles. The second-order valence-electron chi connectivity index (χ2n) is 7.84. The molecule has 11 heteroatoms. The van der Waals surface area contributed by atoms with Crippen LogP contribution in [0.2, 0.25) is 10.0 Å². The largest absolute Gasteiger partial charge is 0.354 e. The molecule has 1 N–H and O–H groups in total. The minimum Gasteiger partial charge on any atom is -0.354 e. The fourth-order valence-electron chi connectivity index (χ4n) is 3.16. The molecule has 1 atom stereocenters. The Hall–Kier alpha value is -2.36. The van der Waals surface area contributed by atoms with E-state index in [2.05, 4.69) is 5.32 Å². The van der Waals surface area contributed by atoms with E-state index in [-0.39, 0.29) is 28.2 Å². The van der Waals surface area contributed by atoms with Crippen molar-refractivity contribution >= 4 is 50.7 Å². The van der Waals surface area contributed by atoms with Crippen LogP contribution in [0.1, 0.15) is 32.3 Å². The smallest absolute Gasteiger partial charge is 0.244 e. The molecule has 0 saturated heterocycles. The Morgan fingerprint density at radius 1 is 1.09 bits per heavy atom. The number of carbonyl (C=O) groups excluding carboxylic acids is 2. The minimum atomic E-state index is -3.88. The molecule has 0 aromatic heterocycles. The van der Waals surface area contributed by atoms with Crippen molar-refractivity contribution in [2.45, 2.75) is 39.3 Å². The predicted octanol–water partition coefficient (Wildman–Crippen LogP) is 4.23. The Balaban J connectivity index is 2.35. The van der Waals surface area contributed by atoms with E-state index in [1.54, 1.807) is 6.92 Å². The molecule has 2 aromatic rings. The average Bonchev–Trinajstić information content (AvgIpc) is 2.77. The van der Waals surface area contributed by atoms with Gasteiger partial charge in [-0.05, 0) is 49.2 Å². The summed E-state index contributed by atoms with van der Waals surface area (Å²) in [6, 6.07) is 8.84. The molecule has 7 nitrogen and oxygen atoms in total. The molecule has 0 spiro atoms. The zero-order valence-corrected chi connectivity index (χ0v) is 21.6. The van der Waals surface area contributed by atoms with E-state index in [9.17, 15) is 22.4 Å². The molecule has 0 aliphatic rings. The maximum Gasteiger partial charge on any atom is 0.244 e. The number of hydrogen-bond donors (Lipinski definition) is 1. The van der Waals surface area contributed by atoms with Crippen LogP contribution >= 0.6 is 23.2 Å². The SMILES string of the molecule is CCCCNC(=O)[C@H](C)N(Cc1ccc(F)cc1)C(=O)CN(c1ccc(Cl)c(Cl)c1)S(C)(=O)=O. The average molecular weight is 532 g/mol. The van der Waals surface area contributed by atoms with E-state index in [4.69, 9.17) is 23.2 Å². The molecule has 2 aromatic carbocycles. The summed E-state index contributed by atoms with van der Waals surface area (Å²) < 4.78 is 39.3. The number of carbonyl (C=O) groups is 2. The summed E-state index contributed by atoms with van der Waals surface area (Å²) >= 11 is 12.0. The molecule has 0 heterocycles. The zero-order chi connectivity index (χ0) is 25.5. The van der Waals surface area contributed by atoms with E-state index in [1.807, 2.05) is 6.92 Å². The molecular formula is C23H28Cl2FN3O4S. The van der Waals surface area contributed by atoms with Gasteiger partial charge in [0, 0.05) is 13.1 Å². The molecule has 0 aliphatic heterocycles. The van der Waals surface area contributed by atoms with Crippen molar-refractivity contribution in [2.75, 3.05) is 23.7 Å². The molecule has 0 unspecified atom stereocenters. The third kappa shape index (κ3) is 7.85. The second kappa shape index (κ2) is 12.4. The van der Waals surface area contributed by atoms with E-state index < -0.39 is 34.3 Å². The Morgan fingerprint density at radius 2 is 1.74 bits per heavy atom. The summed E-state index contributed by atoms with van der Waals surface area (Å²) in [4.78, 5) is 27.4. The summed E-state index contributed by atoms with van der Waals surface area (Å²) in [5.74, 6) is -1.42. The molecule has 0 saturated carbocycles. The van der Waals surface area contributed by atoms with Gasteiger partial charge in [-0.2, -0.15) is 0 Å². The number of rotatable bonds is 11. The topological polar surface area (TPSA) is 86.8 Å². The van der Waals surface area contributed by atoms with Crippen LogP contribution < -0.4 is 9.62 Å². The highest BCUT2D eigenvalue weighted by atomic mass is 35.5. The first-order chi connectivity index (χ1) is 15.9. The van der Waals surface area contributed by atoms with Gasteiger partial charge in [0.1, 0.15) is 18.4 Å². The van der Waals surface area contributed by atoms with Gasteiger partial charge in [-0.25, -0.2) is 12.8 Å². The van der Waals surface area contributed by atoms with Crippen molar-refractivity contribution in [3.8, 4) is 0 Å². The third-order valence-corrected chi connectivity index (χ3v) is 7.01. The Labute approximate surface area is 209 Å². The van der Waals surface area contributed by atoms with Crippen LogP contribution in [0.4, 0.5) is 10.1 Å². The first-order valence-electron chi connectivity index (χ1n) is 10.7. The predicted molar refractivity (Wildman–Crippen MR) is 133 cm³/mol. The first-order valence-corrected chi connectivity index (χ1v) is 13.3. The number of hydrogen-bond acceptors (Lipinski definition) is 4. The highest BCUT2D eigenvalue weighted by molar-refractivity contribution is 7.92. The summed E-state index contributed by atoms with van der Waals surface area (Å²) in [5, 5.41) is 3.15. The van der Waals surface area contributed by atoms with Gasteiger partial charge in [0.25, 0.3) is 0 Å². The molecule has 186 valence electrons. The van der Waals surface area contributed by atoms with Crippen LogP contribution in [0.25, 0.3) is 0 Å². The van der Waals surface area contributed by atoms with Crippen LogP contribution in [-0.2, 0) is 26.2 Å². The monoisotopic (exact) mass is 531 g/mol. The summed E-state index contributed by atoms with van der Waals surface area (Å²) in [5.41, 5.74) is 0.746. The molecule has 0 bridgehead atoms. The molecular weight excluding hydrogens is 504 g/mol. The quantitative estimate of drug-likeness (QED) is 0.439. The molecule has 0 radical (unpaired) electrons. The van der Waals surface area contributed by atoms with Crippen LogP contribution in [0.3, 0.4) is 0 Å². The lowest BCUT2D eigenvalue weighted by Gasteiger charge is -2.31. The van der Waals surface area contributed by atoms with Crippen LogP contribution in [0.5, 0.6) is 0 Å². The van der Waals surface area contributed by atoms with Gasteiger partial charge < -0.3 is 10.2 Å². The van der Waals surface area contributed by atoms with Crippen LogP contribution in [-0.4, -0.2) is 50.5 Å². The number of benzene rings is 2. The fourth-order valence-corrected chi connectivity index (χ4v) is 4.29. The van der Waals surface area contributed by atoms with Gasteiger partial charge in [0.2, 0.25) is 21.8 Å². The van der Waals surface area contributed by atoms with Gasteiger partial charge in [-0.1, -0.05) is 48.7 Å². The fraction of sp³-hybridized carbons (Fsp3) is 0.391. The Kier molecular flexibility index (Phi) is 10.1. The number of nitrogens with zero attached hydrogens (tertiary/aromatic N) is 2. The van der Waals surface area contributed by atoms with Crippen molar-refractivity contribution in [3.63, 3.8) is 0 Å². The van der Waals surface area contributed by atoms with Gasteiger partial charge in [0.05, 0.1) is 22.0 Å². The number of halogens is 3. The summed E-state index contributed by atoms with van der Waals surface area (Å²) in [7, 11) is -3.88. The lowest BCUT2D eigenvalue weighted by Crippen LogP contribution is -2.51. The number of sulfonamides is 1. The number of nitrogens with one attached hydrogen (secondary N) is 1. The molecule has 2 rings (SSSR count). The lowest BCUT2D eigenvalue weighted by atomic mass is 10.1. The number of amides is 2. The van der Waals surface area contributed by atoms with E-state index in [1.165, 1.54) is 47.4 Å². The van der Waals surface area contributed by atoms with Crippen LogP contribution in [0.15, 0.2) is 42.5 Å². The molecule has 0 fully saturated rings. The van der Waals surface area contributed by atoms with Gasteiger partial charge in [-0.3, -0.25) is 13.9 Å². The highest BCUT2D eigenvalue weighted by Crippen LogP contribution is 2.28.